The van der Waals surface area contributed by atoms with Crippen LogP contribution >= 0.6 is 0 Å². The van der Waals surface area contributed by atoms with E-state index in [9.17, 15) is 5.11 Å². The molecule has 1 aromatic rings. The second-order valence-electron chi connectivity index (χ2n) is 3.91. The van der Waals surface area contributed by atoms with Crippen molar-refractivity contribution in [2.24, 2.45) is 0 Å². The average molecular weight is 207 g/mol. The van der Waals surface area contributed by atoms with E-state index in [1.165, 1.54) is 0 Å². The molecule has 4 nitrogen and oxygen atoms in total. The number of aliphatic hydroxyl groups excluding tert-OH is 1. The first-order valence-corrected chi connectivity index (χ1v) is 5.35. The maximum Gasteiger partial charge on any atom is 0.0791 e. The van der Waals surface area contributed by atoms with Gasteiger partial charge in [-0.1, -0.05) is 6.07 Å². The highest BCUT2D eigenvalue weighted by Gasteiger charge is 2.15. The number of nitrogens with zero attached hydrogens (tertiary/aromatic N) is 2. The molecule has 0 amide bonds. The van der Waals surface area contributed by atoms with Crippen molar-refractivity contribution in [2.45, 2.75) is 12.6 Å². The monoisotopic (exact) mass is 207 g/mol. The molecular weight excluding hydrogens is 190 g/mol. The summed E-state index contributed by atoms with van der Waals surface area (Å²) in [5.74, 6) is 0. The number of aromatic nitrogens is 1. The fraction of sp³-hybridized carbons (Fsp3) is 0.545. The summed E-state index contributed by atoms with van der Waals surface area (Å²) in [4.78, 5) is 6.51. The lowest BCUT2D eigenvalue weighted by Gasteiger charge is -2.20. The van der Waals surface area contributed by atoms with Crippen LogP contribution in [-0.2, 0) is 6.54 Å². The maximum atomic E-state index is 9.61. The number of hydrogen-bond donors (Lipinski definition) is 2. The van der Waals surface area contributed by atoms with Crippen molar-refractivity contribution in [3.8, 4) is 0 Å². The molecule has 1 aromatic heterocycles. The van der Waals surface area contributed by atoms with Gasteiger partial charge in [0, 0.05) is 38.9 Å². The fourth-order valence-corrected chi connectivity index (χ4v) is 1.82. The second kappa shape index (κ2) is 5.21. The molecule has 0 radical (unpaired) electrons. The molecule has 0 aliphatic carbocycles. The number of β-amino-alcohol motifs (C(OH)–C–C–N with tert-alkyl or cyclic N) is 1. The fourth-order valence-electron chi connectivity index (χ4n) is 1.82. The minimum absolute atomic E-state index is 0.267. The van der Waals surface area contributed by atoms with Crippen LogP contribution in [0.25, 0.3) is 0 Å². The Morgan fingerprint density at radius 2 is 2.47 bits per heavy atom. The number of aliphatic hydroxyl groups is 1. The lowest BCUT2D eigenvalue weighted by Crippen LogP contribution is -2.32. The van der Waals surface area contributed by atoms with Crippen LogP contribution in [0.15, 0.2) is 24.4 Å². The van der Waals surface area contributed by atoms with E-state index >= 15 is 0 Å². The number of hydrogen-bond acceptors (Lipinski definition) is 4. The Morgan fingerprint density at radius 1 is 1.53 bits per heavy atom. The van der Waals surface area contributed by atoms with Crippen molar-refractivity contribution in [1.82, 2.24) is 15.2 Å². The molecular formula is C11H17N3O. The van der Waals surface area contributed by atoms with Gasteiger partial charge in [-0.2, -0.15) is 0 Å². The van der Waals surface area contributed by atoms with Gasteiger partial charge in [-0.05, 0) is 12.1 Å². The Hall–Kier alpha value is -0.970. The normalized spacial score (nSPS) is 23.7. The minimum Gasteiger partial charge on any atom is -0.390 e. The first-order valence-electron chi connectivity index (χ1n) is 5.35. The van der Waals surface area contributed by atoms with Crippen LogP contribution in [0.2, 0.25) is 0 Å². The SMILES string of the molecule is OC1CNCCN(Cc2ccccn2)C1. The van der Waals surface area contributed by atoms with Crippen molar-refractivity contribution in [3.05, 3.63) is 30.1 Å². The van der Waals surface area contributed by atoms with E-state index in [-0.39, 0.29) is 6.10 Å². The molecule has 1 atom stereocenters. The molecule has 0 aromatic carbocycles. The van der Waals surface area contributed by atoms with E-state index in [4.69, 9.17) is 0 Å². The molecule has 1 saturated heterocycles. The van der Waals surface area contributed by atoms with Gasteiger partial charge in [0.15, 0.2) is 0 Å². The molecule has 4 heteroatoms. The highest BCUT2D eigenvalue weighted by molar-refractivity contribution is 5.03. The number of pyridine rings is 1. The van der Waals surface area contributed by atoms with Crippen LogP contribution in [0.4, 0.5) is 0 Å². The zero-order chi connectivity index (χ0) is 10.5. The molecule has 2 rings (SSSR count). The van der Waals surface area contributed by atoms with E-state index in [1.807, 2.05) is 24.4 Å². The van der Waals surface area contributed by atoms with Gasteiger partial charge in [0.05, 0.1) is 11.8 Å². The third-order valence-electron chi connectivity index (χ3n) is 2.57. The Labute approximate surface area is 89.9 Å². The van der Waals surface area contributed by atoms with Gasteiger partial charge in [-0.15, -0.1) is 0 Å². The average Bonchev–Trinajstić information content (AvgIpc) is 2.44. The highest BCUT2D eigenvalue weighted by Crippen LogP contribution is 2.03. The van der Waals surface area contributed by atoms with Gasteiger partial charge >= 0.3 is 0 Å². The van der Waals surface area contributed by atoms with E-state index in [2.05, 4.69) is 15.2 Å². The van der Waals surface area contributed by atoms with Gasteiger partial charge in [0.2, 0.25) is 0 Å². The first kappa shape index (κ1) is 10.5. The third kappa shape index (κ3) is 3.27. The molecule has 15 heavy (non-hydrogen) atoms. The molecule has 2 heterocycles. The van der Waals surface area contributed by atoms with Crippen molar-refractivity contribution >= 4 is 0 Å². The Morgan fingerprint density at radius 3 is 3.27 bits per heavy atom. The second-order valence-corrected chi connectivity index (χ2v) is 3.91. The summed E-state index contributed by atoms with van der Waals surface area (Å²) in [7, 11) is 0. The summed E-state index contributed by atoms with van der Waals surface area (Å²) in [5, 5.41) is 12.8. The lowest BCUT2D eigenvalue weighted by atomic mass is 10.3. The van der Waals surface area contributed by atoms with E-state index in [0.717, 1.165) is 31.9 Å². The van der Waals surface area contributed by atoms with Crippen molar-refractivity contribution in [1.29, 1.82) is 0 Å². The molecule has 1 unspecified atom stereocenters. The molecule has 1 aliphatic heterocycles. The minimum atomic E-state index is -0.267. The number of rotatable bonds is 2. The number of nitrogens with one attached hydrogen (secondary N) is 1. The molecule has 82 valence electrons. The summed E-state index contributed by atoms with van der Waals surface area (Å²) in [6.45, 7) is 4.14. The molecule has 2 N–H and O–H groups in total. The lowest BCUT2D eigenvalue weighted by molar-refractivity contribution is 0.126. The molecule has 0 spiro atoms. The van der Waals surface area contributed by atoms with Crippen molar-refractivity contribution in [2.75, 3.05) is 26.2 Å². The van der Waals surface area contributed by atoms with Crippen LogP contribution in [0.3, 0.4) is 0 Å². The van der Waals surface area contributed by atoms with Gasteiger partial charge in [-0.3, -0.25) is 9.88 Å². The highest BCUT2D eigenvalue weighted by atomic mass is 16.3. The zero-order valence-corrected chi connectivity index (χ0v) is 8.76. The van der Waals surface area contributed by atoms with Crippen molar-refractivity contribution in [3.63, 3.8) is 0 Å². The predicted molar refractivity (Wildman–Crippen MR) is 58.4 cm³/mol. The summed E-state index contributed by atoms with van der Waals surface area (Å²) >= 11 is 0. The summed E-state index contributed by atoms with van der Waals surface area (Å²) in [6, 6.07) is 5.93. The summed E-state index contributed by atoms with van der Waals surface area (Å²) in [6.07, 6.45) is 1.54. The zero-order valence-electron chi connectivity index (χ0n) is 8.76. The van der Waals surface area contributed by atoms with E-state index in [1.54, 1.807) is 0 Å². The first-order chi connectivity index (χ1) is 7.34. The van der Waals surface area contributed by atoms with Crippen LogP contribution in [0.1, 0.15) is 5.69 Å². The van der Waals surface area contributed by atoms with Crippen LogP contribution in [0, 0.1) is 0 Å². The predicted octanol–water partition coefficient (Wildman–Crippen LogP) is -0.152. The van der Waals surface area contributed by atoms with E-state index < -0.39 is 0 Å². The van der Waals surface area contributed by atoms with Gasteiger partial charge < -0.3 is 10.4 Å². The van der Waals surface area contributed by atoms with Gasteiger partial charge in [0.25, 0.3) is 0 Å². The summed E-state index contributed by atoms with van der Waals surface area (Å²) < 4.78 is 0. The van der Waals surface area contributed by atoms with Gasteiger partial charge in [-0.25, -0.2) is 0 Å². The molecule has 1 fully saturated rings. The standard InChI is InChI=1S/C11H17N3O/c15-11-7-12-5-6-14(9-11)8-10-3-1-2-4-13-10/h1-4,11-12,15H,5-9H2. The smallest absolute Gasteiger partial charge is 0.0791 e. The maximum absolute atomic E-state index is 9.61. The third-order valence-corrected chi connectivity index (χ3v) is 2.57. The molecule has 0 bridgehead atoms. The van der Waals surface area contributed by atoms with Crippen LogP contribution in [0.5, 0.6) is 0 Å². The molecule has 0 saturated carbocycles. The van der Waals surface area contributed by atoms with Crippen LogP contribution < -0.4 is 5.32 Å². The molecule has 1 aliphatic rings. The summed E-state index contributed by atoms with van der Waals surface area (Å²) in [5.41, 5.74) is 1.06. The van der Waals surface area contributed by atoms with E-state index in [0.29, 0.717) is 6.54 Å². The van der Waals surface area contributed by atoms with Crippen LogP contribution in [-0.4, -0.2) is 47.3 Å². The largest absolute Gasteiger partial charge is 0.390 e. The van der Waals surface area contributed by atoms with Crippen molar-refractivity contribution < 1.29 is 5.11 Å². The topological polar surface area (TPSA) is 48.4 Å². The van der Waals surface area contributed by atoms with Gasteiger partial charge in [0.1, 0.15) is 0 Å². The Kier molecular flexibility index (Phi) is 3.66. The quantitative estimate of drug-likeness (QED) is 0.708. The Balaban J connectivity index is 1.93. The Bertz CT molecular complexity index is 291.